The summed E-state index contributed by atoms with van der Waals surface area (Å²) in [5.41, 5.74) is 0. The van der Waals surface area contributed by atoms with E-state index in [1.54, 1.807) is 22.5 Å². The normalized spacial score (nSPS) is 10.5. The fourth-order valence-electron chi connectivity index (χ4n) is 0.625. The van der Waals surface area contributed by atoms with E-state index in [0.717, 1.165) is 0 Å². The van der Waals surface area contributed by atoms with Gasteiger partial charge in [0.25, 0.3) is 0 Å². The van der Waals surface area contributed by atoms with Crippen molar-refractivity contribution in [2.24, 2.45) is 0 Å². The zero-order valence-corrected chi connectivity index (χ0v) is 10.4. The molecule has 0 saturated carbocycles. The first-order chi connectivity index (χ1) is 3.06. The van der Waals surface area contributed by atoms with E-state index in [-0.39, 0.29) is 17.0 Å². The summed E-state index contributed by atoms with van der Waals surface area (Å²) in [6.07, 6.45) is 2.71. The van der Waals surface area contributed by atoms with Gasteiger partial charge in [0.05, 0.1) is 0 Å². The molecule has 0 aromatic carbocycles. The van der Waals surface area contributed by atoms with Crippen LogP contribution in [-0.4, -0.2) is 22.5 Å². The van der Waals surface area contributed by atoms with Crippen molar-refractivity contribution in [1.82, 2.24) is 0 Å². The van der Waals surface area contributed by atoms with E-state index in [9.17, 15) is 0 Å². The molecule has 0 aliphatic rings. The Bertz CT molecular complexity index is 47.0. The Hall–Kier alpha value is 1.28. The summed E-state index contributed by atoms with van der Waals surface area (Å²) in [4.78, 5) is 0. The van der Waals surface area contributed by atoms with Crippen molar-refractivity contribution in [3.8, 4) is 0 Å². The first-order valence-electron chi connectivity index (χ1n) is 2.81. The van der Waals surface area contributed by atoms with Gasteiger partial charge in [-0.05, 0) is 0 Å². The van der Waals surface area contributed by atoms with Crippen LogP contribution in [0.3, 0.4) is 0 Å². The van der Waals surface area contributed by atoms with Crippen LogP contribution in [-0.2, 0) is 0 Å². The molecule has 0 aromatic heterocycles. The van der Waals surface area contributed by atoms with Gasteiger partial charge in [0, 0.05) is 0 Å². The van der Waals surface area contributed by atoms with Crippen LogP contribution in [0.2, 0.25) is 3.43 Å². The van der Waals surface area contributed by atoms with Crippen molar-refractivity contribution >= 4 is 39.5 Å². The Balaban J connectivity index is 0. The van der Waals surface area contributed by atoms with Gasteiger partial charge in [-0.25, -0.2) is 0 Å². The molecule has 0 fully saturated rings. The van der Waals surface area contributed by atoms with E-state index < -0.39 is 0 Å². The average Bonchev–Trinajstić information content (AvgIpc) is 1.30. The van der Waals surface area contributed by atoms with Crippen molar-refractivity contribution in [1.29, 1.82) is 0 Å². The number of halogens is 1. The second kappa shape index (κ2) is 5.09. The molecule has 0 aromatic rings. The number of rotatable bonds is 2. The molecule has 0 amide bonds. The third kappa shape index (κ3) is 10.3. The van der Waals surface area contributed by atoms with E-state index in [0.29, 0.717) is 3.43 Å². The zero-order valence-electron chi connectivity index (χ0n) is 5.82. The molecule has 0 atom stereocenters. The summed E-state index contributed by atoms with van der Waals surface area (Å²) >= 11 is 1.67. The number of hydrogen-bond donors (Lipinski definition) is 0. The zero-order chi connectivity index (χ0) is 5.91. The summed E-state index contributed by atoms with van der Waals surface area (Å²) in [6, 6.07) is 0. The molecule has 0 aliphatic carbocycles. The number of hydrogen-bond acceptors (Lipinski definition) is 0. The second-order valence-corrected chi connectivity index (χ2v) is 6.50. The predicted octanol–water partition coefficient (Wildman–Crippen LogP) is 2.73. The molecule has 0 heterocycles. The van der Waals surface area contributed by atoms with Crippen molar-refractivity contribution in [3.63, 3.8) is 0 Å². The minimum atomic E-state index is 0. The van der Waals surface area contributed by atoms with Crippen LogP contribution in [0.25, 0.3) is 0 Å². The Morgan fingerprint density at radius 1 is 1.38 bits per heavy atom. The summed E-state index contributed by atoms with van der Waals surface area (Å²) < 4.78 is 0.640. The Labute approximate surface area is 76.3 Å². The fraction of sp³-hybridized carbons (Fsp3) is 1.00. The van der Waals surface area contributed by atoms with Gasteiger partial charge in [-0.3, -0.25) is 0 Å². The quantitative estimate of drug-likeness (QED) is 0.684. The molecule has 0 rings (SSSR count). The maximum atomic E-state index is 2.31. The van der Waals surface area contributed by atoms with Crippen LogP contribution < -0.4 is 0 Å². The van der Waals surface area contributed by atoms with Crippen LogP contribution in [0.15, 0.2) is 0 Å². The monoisotopic (exact) mass is 285 g/mol. The van der Waals surface area contributed by atoms with Crippen molar-refractivity contribution < 1.29 is 0 Å². The Morgan fingerprint density at radius 2 is 1.75 bits per heavy atom. The van der Waals surface area contributed by atoms with Gasteiger partial charge in [0.2, 0.25) is 0 Å². The minimum absolute atomic E-state index is 0. The fourth-order valence-corrected chi connectivity index (χ4v) is 1.34. The van der Waals surface area contributed by atoms with Crippen molar-refractivity contribution in [2.45, 2.75) is 37.0 Å². The molecule has 8 heavy (non-hydrogen) atoms. The van der Waals surface area contributed by atoms with Crippen LogP contribution in [0.5, 0.6) is 0 Å². The average molecular weight is 285 g/mol. The topological polar surface area (TPSA) is 0 Å². The first-order valence-corrected chi connectivity index (χ1v) is 4.24. The summed E-state index contributed by atoms with van der Waals surface area (Å²) in [5, 5.41) is 0. The van der Waals surface area contributed by atoms with Gasteiger partial charge in [-0.1, -0.05) is 0 Å². The Kier molecular flexibility index (Phi) is 7.64. The van der Waals surface area contributed by atoms with Crippen LogP contribution in [0.4, 0.5) is 0 Å². The van der Waals surface area contributed by atoms with Crippen molar-refractivity contribution in [3.05, 3.63) is 0 Å². The maximum absolute atomic E-state index is 2.31. The molecule has 49 valence electrons. The van der Waals surface area contributed by atoms with Crippen molar-refractivity contribution in [2.75, 3.05) is 0 Å². The van der Waals surface area contributed by atoms with Gasteiger partial charge in [0.1, 0.15) is 0 Å². The SMILES string of the molecule is Br.CCC[C](C)(C)[Sn]. The van der Waals surface area contributed by atoms with E-state index in [1.807, 2.05) is 0 Å². The molecular formula is C6H14BrSn. The molecule has 0 unspecified atom stereocenters. The molecule has 3 radical (unpaired) electrons. The molecule has 0 spiro atoms. The molecule has 2 heteroatoms. The third-order valence-electron chi connectivity index (χ3n) is 0.875. The summed E-state index contributed by atoms with van der Waals surface area (Å²) in [5.74, 6) is 0. The first kappa shape index (κ1) is 12.0. The molecule has 0 N–H and O–H groups in total. The van der Waals surface area contributed by atoms with Gasteiger partial charge < -0.3 is 0 Å². The second-order valence-electron chi connectivity index (χ2n) is 2.63. The van der Waals surface area contributed by atoms with Crippen LogP contribution in [0.1, 0.15) is 33.6 Å². The van der Waals surface area contributed by atoms with Gasteiger partial charge in [-0.15, -0.1) is 17.0 Å². The van der Waals surface area contributed by atoms with E-state index in [4.69, 9.17) is 0 Å². The molecule has 0 bridgehead atoms. The standard InChI is InChI=1S/C6H13.BrH.Sn/c1-4-5-6(2)3;;/h4-5H2,1-3H3;1H;. The van der Waals surface area contributed by atoms with Gasteiger partial charge >= 0.3 is 59.6 Å². The van der Waals surface area contributed by atoms with Gasteiger partial charge in [-0.2, -0.15) is 0 Å². The van der Waals surface area contributed by atoms with E-state index in [2.05, 4.69) is 20.8 Å². The molecule has 0 aliphatic heterocycles. The van der Waals surface area contributed by atoms with Gasteiger partial charge in [0.15, 0.2) is 0 Å². The predicted molar refractivity (Wildman–Crippen MR) is 45.0 cm³/mol. The Morgan fingerprint density at radius 3 is 1.75 bits per heavy atom. The summed E-state index contributed by atoms with van der Waals surface area (Å²) in [7, 11) is 0. The summed E-state index contributed by atoms with van der Waals surface area (Å²) in [6.45, 7) is 6.87. The molecule has 0 saturated heterocycles. The molecule has 0 nitrogen and oxygen atoms in total. The van der Waals surface area contributed by atoms with E-state index >= 15 is 0 Å². The molecular weight excluding hydrogens is 271 g/mol. The van der Waals surface area contributed by atoms with Crippen LogP contribution in [0, 0.1) is 0 Å². The van der Waals surface area contributed by atoms with E-state index in [1.165, 1.54) is 12.8 Å². The van der Waals surface area contributed by atoms with Crippen LogP contribution >= 0.6 is 17.0 Å². The third-order valence-corrected chi connectivity index (χ3v) is 1.59.